The first-order valence-electron chi connectivity index (χ1n) is 10.2. The van der Waals surface area contributed by atoms with E-state index in [9.17, 15) is 17.6 Å². The Labute approximate surface area is 175 Å². The third kappa shape index (κ3) is 4.11. The molecule has 2 aliphatic rings. The third-order valence-corrected chi connectivity index (χ3v) is 7.35. The number of rotatable bonds is 3. The molecule has 162 valence electrons. The van der Waals surface area contributed by atoms with Crippen LogP contribution in [0.3, 0.4) is 0 Å². The Bertz CT molecular complexity index is 1060. The van der Waals surface area contributed by atoms with Gasteiger partial charge in [0.1, 0.15) is 17.5 Å². The minimum absolute atomic E-state index is 0.151. The average molecular weight is 436 g/mol. The summed E-state index contributed by atoms with van der Waals surface area (Å²) in [5.41, 5.74) is 0.865. The molecular weight excluding hydrogens is 409 g/mol. The maximum Gasteiger partial charge on any atom is 0.254 e. The van der Waals surface area contributed by atoms with Crippen LogP contribution in [0.2, 0.25) is 0 Å². The Morgan fingerprint density at radius 2 is 1.83 bits per heavy atom. The van der Waals surface area contributed by atoms with E-state index >= 15 is 0 Å². The highest BCUT2D eigenvalue weighted by molar-refractivity contribution is 7.88. The van der Waals surface area contributed by atoms with Gasteiger partial charge in [-0.3, -0.25) is 4.79 Å². The lowest BCUT2D eigenvalue weighted by atomic mass is 9.97. The van der Waals surface area contributed by atoms with Crippen molar-refractivity contribution in [3.63, 3.8) is 0 Å². The van der Waals surface area contributed by atoms with Crippen LogP contribution in [0.1, 0.15) is 46.3 Å². The van der Waals surface area contributed by atoms with E-state index in [2.05, 4.69) is 14.8 Å². The van der Waals surface area contributed by atoms with Crippen LogP contribution in [-0.2, 0) is 23.0 Å². The van der Waals surface area contributed by atoms with Gasteiger partial charge in [-0.1, -0.05) is 6.07 Å². The van der Waals surface area contributed by atoms with Gasteiger partial charge in [0.15, 0.2) is 0 Å². The zero-order valence-corrected chi connectivity index (χ0v) is 18.0. The Hall–Kier alpha value is -2.33. The number of aromatic nitrogens is 3. The summed E-state index contributed by atoms with van der Waals surface area (Å²) in [6.07, 6.45) is 3.23. The van der Waals surface area contributed by atoms with Crippen molar-refractivity contribution in [3.8, 4) is 0 Å². The number of aryl methyl sites for hydroxylation is 1. The molecule has 0 spiro atoms. The molecule has 0 radical (unpaired) electrons. The molecule has 3 heterocycles. The average Bonchev–Trinajstić information content (AvgIpc) is 3.00. The van der Waals surface area contributed by atoms with Crippen LogP contribution in [0.25, 0.3) is 0 Å². The number of sulfonamides is 1. The van der Waals surface area contributed by atoms with Crippen molar-refractivity contribution in [2.75, 3.05) is 32.4 Å². The van der Waals surface area contributed by atoms with E-state index in [1.807, 2.05) is 0 Å². The highest BCUT2D eigenvalue weighted by Crippen LogP contribution is 2.29. The van der Waals surface area contributed by atoms with Gasteiger partial charge in [-0.15, -0.1) is 10.2 Å². The number of piperidine rings is 1. The molecule has 2 aliphatic heterocycles. The lowest BCUT2D eigenvalue weighted by Gasteiger charge is -2.30. The highest BCUT2D eigenvalue weighted by atomic mass is 32.2. The summed E-state index contributed by atoms with van der Waals surface area (Å²) in [7, 11) is -3.17. The minimum atomic E-state index is -3.17. The van der Waals surface area contributed by atoms with Crippen LogP contribution in [0, 0.1) is 12.7 Å². The lowest BCUT2D eigenvalue weighted by Crippen LogP contribution is -2.37. The normalized spacial score (nSPS) is 18.8. The van der Waals surface area contributed by atoms with E-state index in [0.717, 1.165) is 11.6 Å². The summed E-state index contributed by atoms with van der Waals surface area (Å²) < 4.78 is 40.9. The second-order valence-corrected chi connectivity index (χ2v) is 10.1. The minimum Gasteiger partial charge on any atom is -0.336 e. The van der Waals surface area contributed by atoms with Crippen LogP contribution < -0.4 is 0 Å². The lowest BCUT2D eigenvalue weighted by molar-refractivity contribution is 0.0758. The Kier molecular flexibility index (Phi) is 5.63. The van der Waals surface area contributed by atoms with Gasteiger partial charge in [0, 0.05) is 50.6 Å². The first-order chi connectivity index (χ1) is 14.2. The van der Waals surface area contributed by atoms with Gasteiger partial charge < -0.3 is 9.47 Å². The van der Waals surface area contributed by atoms with Crippen molar-refractivity contribution in [1.29, 1.82) is 0 Å². The Morgan fingerprint density at radius 1 is 1.10 bits per heavy atom. The predicted molar refractivity (Wildman–Crippen MR) is 109 cm³/mol. The second kappa shape index (κ2) is 8.07. The molecule has 8 nitrogen and oxygen atoms in total. The van der Waals surface area contributed by atoms with E-state index < -0.39 is 10.0 Å². The number of carbonyl (C=O) groups is 1. The molecule has 2 aromatic rings. The monoisotopic (exact) mass is 435 g/mol. The molecule has 1 saturated heterocycles. The molecule has 0 aliphatic carbocycles. The molecule has 0 bridgehead atoms. The molecule has 1 amide bonds. The van der Waals surface area contributed by atoms with Gasteiger partial charge in [0.25, 0.3) is 5.91 Å². The first-order valence-corrected chi connectivity index (χ1v) is 12.0. The van der Waals surface area contributed by atoms with Gasteiger partial charge >= 0.3 is 0 Å². The second-order valence-electron chi connectivity index (χ2n) is 8.07. The largest absolute Gasteiger partial charge is 0.336 e. The zero-order valence-electron chi connectivity index (χ0n) is 17.2. The van der Waals surface area contributed by atoms with Gasteiger partial charge in [0.2, 0.25) is 10.0 Å². The maximum atomic E-state index is 13.9. The molecule has 1 fully saturated rings. The van der Waals surface area contributed by atoms with Gasteiger partial charge in [0.05, 0.1) is 6.26 Å². The predicted octanol–water partition coefficient (Wildman–Crippen LogP) is 1.56. The smallest absolute Gasteiger partial charge is 0.254 e. The van der Waals surface area contributed by atoms with Crippen molar-refractivity contribution in [3.05, 3.63) is 46.8 Å². The van der Waals surface area contributed by atoms with Gasteiger partial charge in [-0.05, 0) is 37.5 Å². The van der Waals surface area contributed by atoms with Crippen LogP contribution in [0.5, 0.6) is 0 Å². The molecule has 0 atom stereocenters. The van der Waals surface area contributed by atoms with Crippen LogP contribution >= 0.6 is 0 Å². The molecule has 0 saturated carbocycles. The number of benzene rings is 1. The molecule has 1 aromatic heterocycles. The summed E-state index contributed by atoms with van der Waals surface area (Å²) in [6.45, 7) is 4.20. The molecule has 4 rings (SSSR count). The molecule has 1 aromatic carbocycles. The number of hydrogen-bond donors (Lipinski definition) is 0. The highest BCUT2D eigenvalue weighted by Gasteiger charge is 2.31. The van der Waals surface area contributed by atoms with Gasteiger partial charge in [-0.2, -0.15) is 0 Å². The fourth-order valence-corrected chi connectivity index (χ4v) is 5.08. The number of carbonyl (C=O) groups excluding carboxylic acids is 1. The fraction of sp³-hybridized carbons (Fsp3) is 0.550. The standard InChI is InChI=1S/C20H26FN5O3S/c1-14-3-4-16(13-17(14)21)20(27)24-8-7-18-22-23-19(26(18)12-11-24)15-5-9-25(10-6-15)30(2,28)29/h3-4,13,15H,5-12H2,1-2H3. The molecular formula is C20H26FN5O3S. The zero-order chi connectivity index (χ0) is 21.5. The summed E-state index contributed by atoms with van der Waals surface area (Å²) in [5, 5.41) is 8.73. The molecule has 0 N–H and O–H groups in total. The van der Waals surface area contributed by atoms with Crippen LogP contribution in [-0.4, -0.2) is 70.7 Å². The van der Waals surface area contributed by atoms with E-state index in [4.69, 9.17) is 0 Å². The van der Waals surface area contributed by atoms with Crippen LogP contribution in [0.4, 0.5) is 4.39 Å². The number of hydrogen-bond acceptors (Lipinski definition) is 5. The number of nitrogens with zero attached hydrogens (tertiary/aromatic N) is 5. The van der Waals surface area contributed by atoms with Crippen molar-refractivity contribution >= 4 is 15.9 Å². The maximum absolute atomic E-state index is 13.9. The summed E-state index contributed by atoms with van der Waals surface area (Å²) in [6, 6.07) is 4.58. The van der Waals surface area contributed by atoms with Crippen molar-refractivity contribution < 1.29 is 17.6 Å². The van der Waals surface area contributed by atoms with Crippen molar-refractivity contribution in [2.45, 2.75) is 38.6 Å². The number of fused-ring (bicyclic) bond motifs is 1. The van der Waals surface area contributed by atoms with E-state index in [1.165, 1.54) is 16.6 Å². The Balaban J connectivity index is 1.46. The fourth-order valence-electron chi connectivity index (χ4n) is 4.20. The SMILES string of the molecule is Cc1ccc(C(=O)N2CCc3nnc(C4CCN(S(C)(=O)=O)CC4)n3CC2)cc1F. The third-order valence-electron chi connectivity index (χ3n) is 6.05. The Morgan fingerprint density at radius 3 is 2.50 bits per heavy atom. The van der Waals surface area contributed by atoms with Crippen molar-refractivity contribution in [1.82, 2.24) is 24.0 Å². The number of amides is 1. The molecule has 10 heteroatoms. The molecule has 0 unspecified atom stereocenters. The summed E-state index contributed by atoms with van der Waals surface area (Å²) in [4.78, 5) is 14.6. The topological polar surface area (TPSA) is 88.4 Å². The van der Waals surface area contributed by atoms with Gasteiger partial charge in [-0.25, -0.2) is 17.1 Å². The first kappa shape index (κ1) is 20.9. The molecule has 30 heavy (non-hydrogen) atoms. The quantitative estimate of drug-likeness (QED) is 0.730. The van der Waals surface area contributed by atoms with Crippen molar-refractivity contribution in [2.24, 2.45) is 0 Å². The summed E-state index contributed by atoms with van der Waals surface area (Å²) >= 11 is 0. The summed E-state index contributed by atoms with van der Waals surface area (Å²) in [5.74, 6) is 1.29. The van der Waals surface area contributed by atoms with E-state index in [-0.39, 0.29) is 17.6 Å². The number of halogens is 1. The van der Waals surface area contributed by atoms with E-state index in [0.29, 0.717) is 63.1 Å². The van der Waals surface area contributed by atoms with E-state index in [1.54, 1.807) is 24.0 Å². The van der Waals surface area contributed by atoms with Crippen LogP contribution in [0.15, 0.2) is 18.2 Å².